The zero-order valence-electron chi connectivity index (χ0n) is 13.1. The number of carbonyl (C=O) groups is 1. The zero-order valence-corrected chi connectivity index (χ0v) is 13.1. The second kappa shape index (κ2) is 7.53. The van der Waals surface area contributed by atoms with E-state index < -0.39 is 16.2 Å². The van der Waals surface area contributed by atoms with Crippen molar-refractivity contribution < 1.29 is 14.5 Å². The minimum atomic E-state index is -0.604. The molecule has 0 amide bonds. The average molecular weight is 335 g/mol. The third kappa shape index (κ3) is 3.86. The second-order valence-electron chi connectivity index (χ2n) is 5.14. The largest absolute Gasteiger partial charge is 0.466 e. The molecule has 1 aromatic carbocycles. The highest BCUT2D eigenvalue weighted by molar-refractivity contribution is 5.79. The first-order chi connectivity index (χ1) is 11.4. The Morgan fingerprint density at radius 2 is 2.08 bits per heavy atom. The number of aromatic amines is 1. The van der Waals surface area contributed by atoms with E-state index in [-0.39, 0.29) is 35.5 Å². The van der Waals surface area contributed by atoms with E-state index in [0.717, 1.165) is 10.6 Å². The molecule has 9 nitrogen and oxygen atoms in total. The first-order valence-electron chi connectivity index (χ1n) is 7.51. The van der Waals surface area contributed by atoms with E-state index in [0.29, 0.717) is 19.4 Å². The van der Waals surface area contributed by atoms with E-state index in [1.165, 1.54) is 12.1 Å². The van der Waals surface area contributed by atoms with Gasteiger partial charge in [-0.3, -0.25) is 24.3 Å². The van der Waals surface area contributed by atoms with Crippen LogP contribution in [0.3, 0.4) is 0 Å². The Morgan fingerprint density at radius 1 is 1.33 bits per heavy atom. The van der Waals surface area contributed by atoms with Gasteiger partial charge in [-0.1, -0.05) is 0 Å². The van der Waals surface area contributed by atoms with Crippen molar-refractivity contribution in [3.05, 3.63) is 49.2 Å². The molecule has 0 aliphatic heterocycles. The van der Waals surface area contributed by atoms with Crippen LogP contribution in [-0.4, -0.2) is 27.1 Å². The number of H-pyrrole nitrogens is 1. The number of rotatable bonds is 7. The Hall–Kier alpha value is -2.97. The van der Waals surface area contributed by atoms with Gasteiger partial charge in [0.1, 0.15) is 0 Å². The summed E-state index contributed by atoms with van der Waals surface area (Å²) >= 11 is 0. The topological polar surface area (TPSA) is 124 Å². The lowest BCUT2D eigenvalue weighted by molar-refractivity contribution is -0.384. The first-order valence-corrected chi connectivity index (χ1v) is 7.51. The highest BCUT2D eigenvalue weighted by atomic mass is 16.6. The van der Waals surface area contributed by atoms with Gasteiger partial charge >= 0.3 is 11.7 Å². The molecule has 0 aliphatic carbocycles. The maximum Gasteiger partial charge on any atom is 0.328 e. The number of nitrogens with zero attached hydrogens (tertiary/aromatic N) is 2. The number of aromatic nitrogens is 2. The molecule has 0 spiro atoms. The molecule has 2 aromatic rings. The Balaban J connectivity index is 2.21. The predicted octanol–water partition coefficient (Wildman–Crippen LogP) is 1.33. The van der Waals surface area contributed by atoms with Crippen molar-refractivity contribution in [2.24, 2.45) is 0 Å². The number of unbranched alkanes of at least 4 members (excludes halogenated alkanes) is 1. The van der Waals surface area contributed by atoms with Gasteiger partial charge in [0.25, 0.3) is 11.2 Å². The zero-order chi connectivity index (χ0) is 17.7. The lowest BCUT2D eigenvalue weighted by Crippen LogP contribution is -2.35. The fraction of sp³-hybridized carbons (Fsp3) is 0.400. The Morgan fingerprint density at radius 3 is 2.75 bits per heavy atom. The molecule has 9 heteroatoms. The number of nitro groups is 1. The molecule has 1 heterocycles. The molecule has 24 heavy (non-hydrogen) atoms. The molecule has 0 aliphatic rings. The fourth-order valence-corrected chi connectivity index (χ4v) is 2.33. The lowest BCUT2D eigenvalue weighted by atomic mass is 10.2. The summed E-state index contributed by atoms with van der Waals surface area (Å²) in [5.74, 6) is -0.326. The van der Waals surface area contributed by atoms with E-state index in [9.17, 15) is 24.5 Å². The molecule has 0 radical (unpaired) electrons. The van der Waals surface area contributed by atoms with Gasteiger partial charge in [0.2, 0.25) is 0 Å². The van der Waals surface area contributed by atoms with Crippen molar-refractivity contribution in [3.63, 3.8) is 0 Å². The summed E-state index contributed by atoms with van der Waals surface area (Å²) in [6, 6.07) is 3.70. The van der Waals surface area contributed by atoms with Crippen LogP contribution in [0, 0.1) is 10.1 Å². The molecule has 128 valence electrons. The molecule has 1 N–H and O–H groups in total. The number of nitrogens with one attached hydrogen (secondary N) is 1. The van der Waals surface area contributed by atoms with Crippen molar-refractivity contribution in [3.8, 4) is 0 Å². The van der Waals surface area contributed by atoms with Gasteiger partial charge in [0.05, 0.1) is 22.4 Å². The molecule has 0 unspecified atom stereocenters. The number of ether oxygens (including phenoxy) is 1. The molecule has 0 fully saturated rings. The normalized spacial score (nSPS) is 10.7. The number of carbonyl (C=O) groups excluding carboxylic acids is 1. The minimum Gasteiger partial charge on any atom is -0.466 e. The Kier molecular flexibility index (Phi) is 5.46. The number of hydrogen-bond donors (Lipinski definition) is 1. The van der Waals surface area contributed by atoms with Gasteiger partial charge in [-0.25, -0.2) is 4.79 Å². The highest BCUT2D eigenvalue weighted by Gasteiger charge is 2.12. The molecule has 0 atom stereocenters. The van der Waals surface area contributed by atoms with Gasteiger partial charge < -0.3 is 9.72 Å². The Labute approximate surface area is 136 Å². The molecule has 1 aromatic heterocycles. The standard InChI is InChI=1S/C15H17N3O6/c1-2-24-13(19)5-3-4-8-17-14(20)11-9-10(18(22)23)6-7-12(11)16-15(17)21/h6-7,9H,2-5,8H2,1H3,(H,16,21). The van der Waals surface area contributed by atoms with Crippen LogP contribution in [0.25, 0.3) is 10.9 Å². The first kappa shape index (κ1) is 17.4. The van der Waals surface area contributed by atoms with E-state index in [4.69, 9.17) is 4.74 Å². The van der Waals surface area contributed by atoms with Gasteiger partial charge in [-0.2, -0.15) is 0 Å². The average Bonchev–Trinajstić information content (AvgIpc) is 2.53. The van der Waals surface area contributed by atoms with Crippen LogP contribution in [0.2, 0.25) is 0 Å². The van der Waals surface area contributed by atoms with E-state index in [1.807, 2.05) is 0 Å². The van der Waals surface area contributed by atoms with Crippen molar-refractivity contribution >= 4 is 22.6 Å². The second-order valence-corrected chi connectivity index (χ2v) is 5.14. The summed E-state index contributed by atoms with van der Waals surface area (Å²) in [6.07, 6.45) is 1.11. The van der Waals surface area contributed by atoms with Gasteiger partial charge in [-0.05, 0) is 25.8 Å². The van der Waals surface area contributed by atoms with Crippen LogP contribution in [0.4, 0.5) is 5.69 Å². The van der Waals surface area contributed by atoms with Crippen LogP contribution >= 0.6 is 0 Å². The summed E-state index contributed by atoms with van der Waals surface area (Å²) < 4.78 is 5.78. The van der Waals surface area contributed by atoms with E-state index in [2.05, 4.69) is 4.98 Å². The predicted molar refractivity (Wildman–Crippen MR) is 86.0 cm³/mol. The highest BCUT2D eigenvalue weighted by Crippen LogP contribution is 2.15. The maximum absolute atomic E-state index is 12.4. The van der Waals surface area contributed by atoms with E-state index in [1.54, 1.807) is 6.92 Å². The third-order valence-electron chi connectivity index (χ3n) is 3.49. The quantitative estimate of drug-likeness (QED) is 0.352. The monoisotopic (exact) mass is 335 g/mol. The van der Waals surface area contributed by atoms with Crippen LogP contribution in [0.15, 0.2) is 27.8 Å². The van der Waals surface area contributed by atoms with Crippen molar-refractivity contribution in [2.75, 3.05) is 6.61 Å². The molecular formula is C15H17N3O6. The number of nitro benzene ring substituents is 1. The number of fused-ring (bicyclic) bond motifs is 1. The van der Waals surface area contributed by atoms with E-state index >= 15 is 0 Å². The van der Waals surface area contributed by atoms with Crippen LogP contribution in [-0.2, 0) is 16.1 Å². The molecular weight excluding hydrogens is 318 g/mol. The lowest BCUT2D eigenvalue weighted by Gasteiger charge is -2.06. The summed E-state index contributed by atoms with van der Waals surface area (Å²) in [7, 11) is 0. The van der Waals surface area contributed by atoms with Crippen LogP contribution < -0.4 is 11.2 Å². The third-order valence-corrected chi connectivity index (χ3v) is 3.49. The van der Waals surface area contributed by atoms with Crippen LogP contribution in [0.1, 0.15) is 26.2 Å². The molecule has 0 saturated carbocycles. The van der Waals surface area contributed by atoms with Gasteiger partial charge in [0.15, 0.2) is 0 Å². The van der Waals surface area contributed by atoms with Crippen molar-refractivity contribution in [1.29, 1.82) is 0 Å². The Bertz CT molecular complexity index is 883. The number of non-ortho nitro benzene ring substituents is 1. The number of benzene rings is 1. The summed E-state index contributed by atoms with van der Waals surface area (Å²) in [5.41, 5.74) is -1.15. The smallest absolute Gasteiger partial charge is 0.328 e. The summed E-state index contributed by atoms with van der Waals surface area (Å²) in [4.78, 5) is 48.4. The summed E-state index contributed by atoms with van der Waals surface area (Å²) in [6.45, 7) is 2.14. The number of hydrogen-bond acceptors (Lipinski definition) is 6. The summed E-state index contributed by atoms with van der Waals surface area (Å²) in [5, 5.41) is 10.9. The van der Waals surface area contributed by atoms with Crippen molar-refractivity contribution in [2.45, 2.75) is 32.7 Å². The van der Waals surface area contributed by atoms with Crippen LogP contribution in [0.5, 0.6) is 0 Å². The molecule has 2 rings (SSSR count). The minimum absolute atomic E-state index is 0.0780. The maximum atomic E-state index is 12.4. The fourth-order valence-electron chi connectivity index (χ4n) is 2.33. The molecule has 0 bridgehead atoms. The van der Waals surface area contributed by atoms with Gasteiger partial charge in [-0.15, -0.1) is 0 Å². The number of esters is 1. The molecule has 0 saturated heterocycles. The SMILES string of the molecule is CCOC(=O)CCCCn1c(=O)[nH]c2ccc([N+](=O)[O-])cc2c1=O. The van der Waals surface area contributed by atoms with Crippen molar-refractivity contribution in [1.82, 2.24) is 9.55 Å². The van der Waals surface area contributed by atoms with Gasteiger partial charge in [0, 0.05) is 25.1 Å².